The van der Waals surface area contributed by atoms with Gasteiger partial charge >= 0.3 is 0 Å². The highest BCUT2D eigenvalue weighted by atomic mass is 79.9. The number of nitrogens with one attached hydrogen (secondary N) is 2. The summed E-state index contributed by atoms with van der Waals surface area (Å²) in [5.41, 5.74) is 1.93. The molecule has 2 aromatic carbocycles. The molecule has 0 aliphatic carbocycles. The van der Waals surface area contributed by atoms with Gasteiger partial charge in [0.05, 0.1) is 4.47 Å². The molecule has 138 valence electrons. The Hall–Kier alpha value is -2.80. The van der Waals surface area contributed by atoms with Crippen molar-refractivity contribution in [1.29, 1.82) is 0 Å². The molecular formula is C20H18BrFN4O. The highest BCUT2D eigenvalue weighted by molar-refractivity contribution is 9.10. The molecule has 3 rings (SSSR count). The van der Waals surface area contributed by atoms with Crippen molar-refractivity contribution in [2.75, 3.05) is 10.6 Å². The maximum atomic E-state index is 13.3. The summed E-state index contributed by atoms with van der Waals surface area (Å²) < 4.78 is 13.8. The normalized spacial score (nSPS) is 11.7. The van der Waals surface area contributed by atoms with Gasteiger partial charge in [-0.2, -0.15) is 0 Å². The van der Waals surface area contributed by atoms with Gasteiger partial charge in [-0.05, 0) is 71.2 Å². The van der Waals surface area contributed by atoms with Crippen LogP contribution >= 0.6 is 15.9 Å². The standard InChI is InChI=1S/C20H18BrFN4O/c1-13(11-14-7-8-17(22)16(21)12-14)23-19-10-9-18(25-26-19)20(27)24-15-5-3-2-4-6-15/h2-10,12-13H,11H2,1H3,(H,23,26)(H,24,27). The first-order chi connectivity index (χ1) is 13.0. The molecule has 1 atom stereocenters. The zero-order chi connectivity index (χ0) is 19.2. The maximum absolute atomic E-state index is 13.3. The lowest BCUT2D eigenvalue weighted by Crippen LogP contribution is -2.20. The largest absolute Gasteiger partial charge is 0.366 e. The van der Waals surface area contributed by atoms with Gasteiger partial charge in [0.25, 0.3) is 5.91 Å². The lowest BCUT2D eigenvalue weighted by molar-refractivity contribution is 0.102. The van der Waals surface area contributed by atoms with E-state index in [9.17, 15) is 9.18 Å². The molecule has 1 amide bonds. The Morgan fingerprint density at radius 1 is 1.11 bits per heavy atom. The third-order valence-electron chi connectivity index (χ3n) is 3.85. The zero-order valence-corrected chi connectivity index (χ0v) is 16.2. The first-order valence-corrected chi connectivity index (χ1v) is 9.21. The summed E-state index contributed by atoms with van der Waals surface area (Å²) in [7, 11) is 0. The van der Waals surface area contributed by atoms with Crippen LogP contribution in [0.1, 0.15) is 23.0 Å². The number of aromatic nitrogens is 2. The van der Waals surface area contributed by atoms with Gasteiger partial charge < -0.3 is 10.6 Å². The predicted octanol–water partition coefficient (Wildman–Crippen LogP) is 4.67. The van der Waals surface area contributed by atoms with Crippen LogP contribution in [-0.4, -0.2) is 22.1 Å². The summed E-state index contributed by atoms with van der Waals surface area (Å²) >= 11 is 3.19. The van der Waals surface area contributed by atoms with E-state index < -0.39 is 0 Å². The van der Waals surface area contributed by atoms with Gasteiger partial charge in [-0.3, -0.25) is 4.79 Å². The maximum Gasteiger partial charge on any atom is 0.276 e. The second kappa shape index (κ2) is 8.73. The van der Waals surface area contributed by atoms with Crippen molar-refractivity contribution in [2.45, 2.75) is 19.4 Å². The minimum atomic E-state index is -0.315. The number of anilines is 2. The molecule has 0 bridgehead atoms. The van der Waals surface area contributed by atoms with Crippen molar-refractivity contribution in [1.82, 2.24) is 10.2 Å². The molecule has 1 heterocycles. The fraction of sp³-hybridized carbons (Fsp3) is 0.150. The summed E-state index contributed by atoms with van der Waals surface area (Å²) in [4.78, 5) is 12.2. The number of nitrogens with zero attached hydrogens (tertiary/aromatic N) is 2. The number of benzene rings is 2. The molecule has 0 spiro atoms. The fourth-order valence-corrected chi connectivity index (χ4v) is 3.00. The summed E-state index contributed by atoms with van der Waals surface area (Å²) in [5, 5.41) is 14.0. The van der Waals surface area contributed by atoms with Crippen LogP contribution in [0, 0.1) is 5.82 Å². The average Bonchev–Trinajstić information content (AvgIpc) is 2.66. The molecule has 0 aliphatic rings. The Bertz CT molecular complexity index is 919. The molecule has 27 heavy (non-hydrogen) atoms. The van der Waals surface area contributed by atoms with Crippen molar-refractivity contribution < 1.29 is 9.18 Å². The third-order valence-corrected chi connectivity index (χ3v) is 4.46. The van der Waals surface area contributed by atoms with E-state index in [1.165, 1.54) is 6.07 Å². The number of hydrogen-bond acceptors (Lipinski definition) is 4. The van der Waals surface area contributed by atoms with Gasteiger partial charge in [0, 0.05) is 11.7 Å². The van der Waals surface area contributed by atoms with Crippen molar-refractivity contribution in [2.24, 2.45) is 0 Å². The number of halogens is 2. The first kappa shape index (κ1) is 19.0. The van der Waals surface area contributed by atoms with Gasteiger partial charge in [0.15, 0.2) is 5.69 Å². The van der Waals surface area contributed by atoms with E-state index >= 15 is 0 Å². The molecular weight excluding hydrogens is 411 g/mol. The number of rotatable bonds is 6. The highest BCUT2D eigenvalue weighted by Crippen LogP contribution is 2.18. The smallest absolute Gasteiger partial charge is 0.276 e. The summed E-state index contributed by atoms with van der Waals surface area (Å²) in [6.07, 6.45) is 0.691. The lowest BCUT2D eigenvalue weighted by atomic mass is 10.1. The Morgan fingerprint density at radius 3 is 2.56 bits per heavy atom. The van der Waals surface area contributed by atoms with Crippen LogP contribution in [0.5, 0.6) is 0 Å². The highest BCUT2D eigenvalue weighted by Gasteiger charge is 2.10. The van der Waals surface area contributed by atoms with E-state index in [1.807, 2.05) is 25.1 Å². The van der Waals surface area contributed by atoms with Crippen LogP contribution in [0.15, 0.2) is 65.1 Å². The van der Waals surface area contributed by atoms with Gasteiger partial charge in [0.1, 0.15) is 11.6 Å². The Kier molecular flexibility index (Phi) is 6.13. The Labute approximate surface area is 165 Å². The van der Waals surface area contributed by atoms with E-state index in [2.05, 4.69) is 36.8 Å². The van der Waals surface area contributed by atoms with E-state index in [0.717, 1.165) is 5.56 Å². The summed E-state index contributed by atoms with van der Waals surface area (Å²) in [6, 6.07) is 17.5. The van der Waals surface area contributed by atoms with Crippen LogP contribution in [0.2, 0.25) is 0 Å². The molecule has 2 N–H and O–H groups in total. The van der Waals surface area contributed by atoms with Crippen LogP contribution < -0.4 is 10.6 Å². The molecule has 1 aromatic heterocycles. The second-order valence-corrected chi connectivity index (χ2v) is 6.98. The second-order valence-electron chi connectivity index (χ2n) is 6.12. The SMILES string of the molecule is CC(Cc1ccc(F)c(Br)c1)Nc1ccc(C(=O)Nc2ccccc2)nn1. The monoisotopic (exact) mass is 428 g/mol. The van der Waals surface area contributed by atoms with Crippen molar-refractivity contribution >= 4 is 33.3 Å². The fourth-order valence-electron chi connectivity index (χ4n) is 2.57. The van der Waals surface area contributed by atoms with Gasteiger partial charge in [-0.15, -0.1) is 10.2 Å². The number of carbonyl (C=O) groups is 1. The molecule has 0 saturated heterocycles. The minimum Gasteiger partial charge on any atom is -0.366 e. The Morgan fingerprint density at radius 2 is 1.89 bits per heavy atom. The van der Waals surface area contributed by atoms with Crippen LogP contribution in [0.4, 0.5) is 15.9 Å². The van der Waals surface area contributed by atoms with Crippen LogP contribution in [0.3, 0.4) is 0 Å². The number of hydrogen-bond donors (Lipinski definition) is 2. The van der Waals surface area contributed by atoms with Crippen molar-refractivity contribution in [3.05, 3.63) is 82.2 Å². The Balaban J connectivity index is 1.58. The third kappa shape index (κ3) is 5.34. The van der Waals surface area contributed by atoms with E-state index in [1.54, 1.807) is 36.4 Å². The minimum absolute atomic E-state index is 0.0562. The molecule has 0 saturated carbocycles. The first-order valence-electron chi connectivity index (χ1n) is 8.42. The molecule has 7 heteroatoms. The number of para-hydroxylation sites is 1. The van der Waals surface area contributed by atoms with Gasteiger partial charge in [-0.1, -0.05) is 24.3 Å². The zero-order valence-electron chi connectivity index (χ0n) is 14.6. The van der Waals surface area contributed by atoms with Gasteiger partial charge in [-0.25, -0.2) is 4.39 Å². The summed E-state index contributed by atoms with van der Waals surface area (Å²) in [6.45, 7) is 2.00. The van der Waals surface area contributed by atoms with E-state index in [-0.39, 0.29) is 23.5 Å². The summed E-state index contributed by atoms with van der Waals surface area (Å²) in [5.74, 6) is -0.0287. The lowest BCUT2D eigenvalue weighted by Gasteiger charge is -2.14. The van der Waals surface area contributed by atoms with Gasteiger partial charge in [0.2, 0.25) is 0 Å². The predicted molar refractivity (Wildman–Crippen MR) is 107 cm³/mol. The van der Waals surface area contributed by atoms with Crippen molar-refractivity contribution in [3.63, 3.8) is 0 Å². The quantitative estimate of drug-likeness (QED) is 0.598. The molecule has 0 aliphatic heterocycles. The molecule has 3 aromatic rings. The van der Waals surface area contributed by atoms with Crippen LogP contribution in [-0.2, 0) is 6.42 Å². The van der Waals surface area contributed by atoms with E-state index in [4.69, 9.17) is 0 Å². The molecule has 0 fully saturated rings. The molecule has 0 radical (unpaired) electrons. The average molecular weight is 429 g/mol. The topological polar surface area (TPSA) is 66.9 Å². The van der Waals surface area contributed by atoms with Crippen LogP contribution in [0.25, 0.3) is 0 Å². The number of carbonyl (C=O) groups excluding carboxylic acids is 1. The van der Waals surface area contributed by atoms with E-state index in [0.29, 0.717) is 22.4 Å². The van der Waals surface area contributed by atoms with Crippen molar-refractivity contribution in [3.8, 4) is 0 Å². The molecule has 5 nitrogen and oxygen atoms in total. The molecule has 1 unspecified atom stereocenters. The number of amides is 1.